The van der Waals surface area contributed by atoms with Crippen LogP contribution < -0.4 is 10.6 Å². The predicted molar refractivity (Wildman–Crippen MR) is 64.8 cm³/mol. The molecule has 3 N–H and O–H groups in total. The first-order valence-corrected chi connectivity index (χ1v) is 5.73. The number of hydrogen-bond donors (Lipinski definition) is 3. The topological polar surface area (TPSA) is 78.4 Å². The molecular formula is C12H13F3N2O3. The molecule has 0 spiro atoms. The van der Waals surface area contributed by atoms with E-state index in [0.717, 1.165) is 0 Å². The van der Waals surface area contributed by atoms with Gasteiger partial charge in [-0.15, -0.1) is 0 Å². The molecule has 110 valence electrons. The standard InChI is InChI=1S/C12H13F3N2O3/c1-6(11(18)19)2-3-16-12(20)17-9-5-7(13)4-8(14)10(9)15/h4-6H,2-3H2,1H3,(H,18,19)(H2,16,17,20). The van der Waals surface area contributed by atoms with Gasteiger partial charge in [0.15, 0.2) is 11.6 Å². The Morgan fingerprint density at radius 2 is 1.95 bits per heavy atom. The second-order valence-electron chi connectivity index (χ2n) is 4.16. The molecule has 1 aromatic carbocycles. The van der Waals surface area contributed by atoms with Gasteiger partial charge in [-0.2, -0.15) is 0 Å². The van der Waals surface area contributed by atoms with Crippen LogP contribution in [0.2, 0.25) is 0 Å². The number of benzene rings is 1. The average molecular weight is 290 g/mol. The summed E-state index contributed by atoms with van der Waals surface area (Å²) in [6.07, 6.45) is 0.169. The highest BCUT2D eigenvalue weighted by atomic mass is 19.2. The minimum absolute atomic E-state index is 0.0265. The van der Waals surface area contributed by atoms with Gasteiger partial charge in [-0.05, 0) is 6.42 Å². The van der Waals surface area contributed by atoms with Gasteiger partial charge in [-0.25, -0.2) is 18.0 Å². The van der Waals surface area contributed by atoms with Crippen LogP contribution in [0, 0.1) is 23.4 Å². The van der Waals surface area contributed by atoms with Gasteiger partial charge in [0.25, 0.3) is 0 Å². The van der Waals surface area contributed by atoms with E-state index in [1.807, 2.05) is 5.32 Å². The smallest absolute Gasteiger partial charge is 0.319 e. The van der Waals surface area contributed by atoms with Crippen LogP contribution in [0.5, 0.6) is 0 Å². The Balaban J connectivity index is 2.53. The molecule has 1 unspecified atom stereocenters. The largest absolute Gasteiger partial charge is 0.481 e. The van der Waals surface area contributed by atoms with E-state index in [9.17, 15) is 22.8 Å². The van der Waals surface area contributed by atoms with Crippen molar-refractivity contribution in [1.82, 2.24) is 5.32 Å². The van der Waals surface area contributed by atoms with Gasteiger partial charge in [0.1, 0.15) is 5.82 Å². The molecule has 0 saturated heterocycles. The zero-order valence-corrected chi connectivity index (χ0v) is 10.5. The van der Waals surface area contributed by atoms with Crippen LogP contribution in [-0.2, 0) is 4.79 Å². The van der Waals surface area contributed by atoms with Gasteiger partial charge in [0, 0.05) is 18.7 Å². The monoisotopic (exact) mass is 290 g/mol. The molecule has 0 heterocycles. The normalized spacial score (nSPS) is 11.8. The fourth-order valence-electron chi connectivity index (χ4n) is 1.34. The zero-order valence-electron chi connectivity index (χ0n) is 10.5. The maximum atomic E-state index is 13.2. The van der Waals surface area contributed by atoms with Crippen LogP contribution in [0.15, 0.2) is 12.1 Å². The highest BCUT2D eigenvalue weighted by Crippen LogP contribution is 2.18. The van der Waals surface area contributed by atoms with Crippen molar-refractivity contribution in [1.29, 1.82) is 0 Å². The van der Waals surface area contributed by atoms with Crippen molar-refractivity contribution in [2.45, 2.75) is 13.3 Å². The quantitative estimate of drug-likeness (QED) is 0.728. The SMILES string of the molecule is CC(CCNC(=O)Nc1cc(F)cc(F)c1F)C(=O)O. The van der Waals surface area contributed by atoms with Crippen LogP contribution >= 0.6 is 0 Å². The van der Waals surface area contributed by atoms with E-state index in [2.05, 4.69) is 5.32 Å². The number of aliphatic carboxylic acids is 1. The van der Waals surface area contributed by atoms with E-state index >= 15 is 0 Å². The Hall–Kier alpha value is -2.25. The highest BCUT2D eigenvalue weighted by molar-refractivity contribution is 5.89. The fraction of sp³-hybridized carbons (Fsp3) is 0.333. The van der Waals surface area contributed by atoms with Crippen LogP contribution in [0.1, 0.15) is 13.3 Å². The number of carbonyl (C=O) groups is 2. The number of carboxylic acid groups (broad SMARTS) is 1. The number of amides is 2. The summed E-state index contributed by atoms with van der Waals surface area (Å²) in [5, 5.41) is 12.8. The lowest BCUT2D eigenvalue weighted by Crippen LogP contribution is -2.31. The summed E-state index contributed by atoms with van der Waals surface area (Å²) in [4.78, 5) is 21.9. The number of rotatable bonds is 5. The number of hydrogen-bond acceptors (Lipinski definition) is 2. The van der Waals surface area contributed by atoms with E-state index in [1.165, 1.54) is 6.92 Å². The van der Waals surface area contributed by atoms with Crippen molar-refractivity contribution in [2.75, 3.05) is 11.9 Å². The van der Waals surface area contributed by atoms with Gasteiger partial charge < -0.3 is 15.7 Å². The molecule has 0 aromatic heterocycles. The molecule has 0 saturated carbocycles. The van der Waals surface area contributed by atoms with Gasteiger partial charge >= 0.3 is 12.0 Å². The maximum absolute atomic E-state index is 13.2. The first kappa shape index (κ1) is 15.8. The second-order valence-corrected chi connectivity index (χ2v) is 4.16. The van der Waals surface area contributed by atoms with Crippen molar-refractivity contribution in [3.8, 4) is 0 Å². The first-order chi connectivity index (χ1) is 9.31. The molecule has 1 rings (SSSR count). The molecule has 8 heteroatoms. The molecule has 0 radical (unpaired) electrons. The van der Waals surface area contributed by atoms with Crippen LogP contribution in [0.25, 0.3) is 0 Å². The lowest BCUT2D eigenvalue weighted by atomic mass is 10.1. The Kier molecular flexibility index (Phi) is 5.36. The van der Waals surface area contributed by atoms with Crippen molar-refractivity contribution in [3.63, 3.8) is 0 Å². The molecule has 1 aromatic rings. The minimum Gasteiger partial charge on any atom is -0.481 e. The Labute approximate surface area is 112 Å². The lowest BCUT2D eigenvalue weighted by molar-refractivity contribution is -0.141. The summed E-state index contributed by atoms with van der Waals surface area (Å²) in [5.41, 5.74) is -0.633. The average Bonchev–Trinajstić information content (AvgIpc) is 2.35. The molecule has 1 atom stereocenters. The number of halogens is 3. The third-order valence-electron chi connectivity index (χ3n) is 2.53. The van der Waals surface area contributed by atoms with E-state index in [4.69, 9.17) is 5.11 Å². The Morgan fingerprint density at radius 1 is 1.30 bits per heavy atom. The zero-order chi connectivity index (χ0) is 15.3. The van der Waals surface area contributed by atoms with E-state index < -0.39 is 41.1 Å². The van der Waals surface area contributed by atoms with Crippen LogP contribution in [0.4, 0.5) is 23.7 Å². The lowest BCUT2D eigenvalue weighted by Gasteiger charge is -2.10. The van der Waals surface area contributed by atoms with Crippen molar-refractivity contribution < 1.29 is 27.9 Å². The Bertz CT molecular complexity index is 523. The number of urea groups is 1. The molecular weight excluding hydrogens is 277 g/mol. The summed E-state index contributed by atoms with van der Waals surface area (Å²) < 4.78 is 39.0. The van der Waals surface area contributed by atoms with Gasteiger partial charge in [0.05, 0.1) is 11.6 Å². The summed E-state index contributed by atoms with van der Waals surface area (Å²) in [5.74, 6) is -5.48. The van der Waals surface area contributed by atoms with E-state index in [0.29, 0.717) is 12.1 Å². The number of carboxylic acids is 1. The predicted octanol–water partition coefficient (Wildman–Crippen LogP) is 2.34. The van der Waals surface area contributed by atoms with Crippen LogP contribution in [-0.4, -0.2) is 23.7 Å². The summed E-state index contributed by atoms with van der Waals surface area (Å²) in [6.45, 7) is 1.49. The summed E-state index contributed by atoms with van der Waals surface area (Å²) in [6, 6.07) is 0.108. The van der Waals surface area contributed by atoms with Crippen molar-refractivity contribution in [3.05, 3.63) is 29.6 Å². The highest BCUT2D eigenvalue weighted by Gasteiger charge is 2.14. The molecule has 0 bridgehead atoms. The number of nitrogens with one attached hydrogen (secondary N) is 2. The first-order valence-electron chi connectivity index (χ1n) is 5.73. The molecule has 0 aliphatic carbocycles. The third kappa shape index (κ3) is 4.45. The van der Waals surface area contributed by atoms with Gasteiger partial charge in [-0.1, -0.05) is 6.92 Å². The minimum atomic E-state index is -1.42. The second kappa shape index (κ2) is 6.78. The fourth-order valence-corrected chi connectivity index (χ4v) is 1.34. The van der Waals surface area contributed by atoms with Gasteiger partial charge in [0.2, 0.25) is 0 Å². The summed E-state index contributed by atoms with van der Waals surface area (Å²) >= 11 is 0. The maximum Gasteiger partial charge on any atom is 0.319 e. The van der Waals surface area contributed by atoms with Crippen LogP contribution in [0.3, 0.4) is 0 Å². The molecule has 0 fully saturated rings. The van der Waals surface area contributed by atoms with Crippen molar-refractivity contribution >= 4 is 17.7 Å². The molecule has 0 aliphatic rings. The molecule has 2 amide bonds. The third-order valence-corrected chi connectivity index (χ3v) is 2.53. The van der Waals surface area contributed by atoms with E-state index in [1.54, 1.807) is 0 Å². The number of anilines is 1. The van der Waals surface area contributed by atoms with Crippen molar-refractivity contribution in [2.24, 2.45) is 5.92 Å². The Morgan fingerprint density at radius 3 is 2.55 bits per heavy atom. The summed E-state index contributed by atoms with van der Waals surface area (Å²) in [7, 11) is 0. The van der Waals surface area contributed by atoms with E-state index in [-0.39, 0.29) is 13.0 Å². The molecule has 0 aliphatic heterocycles. The molecule has 20 heavy (non-hydrogen) atoms. The molecule has 5 nitrogen and oxygen atoms in total. The number of carbonyl (C=O) groups excluding carboxylic acids is 1. The van der Waals surface area contributed by atoms with Gasteiger partial charge in [-0.3, -0.25) is 4.79 Å².